The predicted octanol–water partition coefficient (Wildman–Crippen LogP) is 2.55. The molecule has 0 amide bonds. The quantitative estimate of drug-likeness (QED) is 0.571. The second-order valence-corrected chi connectivity index (χ2v) is 4.25. The average molecular weight is 155 g/mol. The van der Waals surface area contributed by atoms with Crippen molar-refractivity contribution in [2.24, 2.45) is 17.6 Å². The highest BCUT2D eigenvalue weighted by Gasteiger charge is 2.17. The molecule has 1 rings (SSSR count). The fourth-order valence-corrected chi connectivity index (χ4v) is 1.91. The molecule has 0 spiro atoms. The van der Waals surface area contributed by atoms with E-state index in [-0.39, 0.29) is 0 Å². The van der Waals surface area contributed by atoms with Gasteiger partial charge in [-0.3, -0.25) is 0 Å². The summed E-state index contributed by atoms with van der Waals surface area (Å²) in [5, 5.41) is 0. The van der Waals surface area contributed by atoms with Crippen molar-refractivity contribution in [2.75, 3.05) is 0 Å². The number of hydrogen-bond donors (Lipinski definition) is 1. The molecule has 1 aliphatic rings. The minimum Gasteiger partial charge on any atom is -0.327 e. The van der Waals surface area contributed by atoms with E-state index in [0.29, 0.717) is 6.04 Å². The molecule has 0 aromatic carbocycles. The van der Waals surface area contributed by atoms with Crippen LogP contribution in [0.5, 0.6) is 0 Å². The van der Waals surface area contributed by atoms with E-state index in [1.807, 2.05) is 0 Å². The molecule has 1 aliphatic carbocycles. The number of nitrogens with two attached hydrogens (primary N) is 1. The van der Waals surface area contributed by atoms with E-state index in [0.717, 1.165) is 11.8 Å². The lowest BCUT2D eigenvalue weighted by Crippen LogP contribution is -2.30. The summed E-state index contributed by atoms with van der Waals surface area (Å²) in [5.41, 5.74) is 6.01. The Morgan fingerprint density at radius 1 is 1.00 bits per heavy atom. The van der Waals surface area contributed by atoms with E-state index in [4.69, 9.17) is 5.73 Å². The first-order valence-electron chi connectivity index (χ1n) is 4.95. The first-order valence-corrected chi connectivity index (χ1v) is 4.95. The third-order valence-electron chi connectivity index (χ3n) is 3.08. The second kappa shape index (κ2) is 4.10. The van der Waals surface area contributed by atoms with E-state index in [1.54, 1.807) is 0 Å². The van der Waals surface area contributed by atoms with E-state index in [9.17, 15) is 0 Å². The molecule has 1 fully saturated rings. The molecule has 1 nitrogen and oxygen atoms in total. The number of rotatable bonds is 0. The predicted molar refractivity (Wildman–Crippen MR) is 49.4 cm³/mol. The Labute approximate surface area is 70.4 Å². The second-order valence-electron chi connectivity index (χ2n) is 4.25. The SMILES string of the molecule is CC1CCCC(C)[C@H](N)CC1. The smallest absolute Gasteiger partial charge is 0.00646 e. The van der Waals surface area contributed by atoms with Crippen LogP contribution in [-0.2, 0) is 0 Å². The first-order chi connectivity index (χ1) is 5.20. The van der Waals surface area contributed by atoms with Crippen LogP contribution in [0.15, 0.2) is 0 Å². The van der Waals surface area contributed by atoms with E-state index < -0.39 is 0 Å². The molecule has 0 radical (unpaired) electrons. The van der Waals surface area contributed by atoms with Gasteiger partial charge in [-0.2, -0.15) is 0 Å². The van der Waals surface area contributed by atoms with Gasteiger partial charge < -0.3 is 5.73 Å². The summed E-state index contributed by atoms with van der Waals surface area (Å²) in [6.45, 7) is 4.64. The Kier molecular flexibility index (Phi) is 3.38. The van der Waals surface area contributed by atoms with Gasteiger partial charge in [0.2, 0.25) is 0 Å². The summed E-state index contributed by atoms with van der Waals surface area (Å²) in [7, 11) is 0. The van der Waals surface area contributed by atoms with Crippen LogP contribution >= 0.6 is 0 Å². The maximum Gasteiger partial charge on any atom is 0.00646 e. The van der Waals surface area contributed by atoms with Crippen molar-refractivity contribution in [2.45, 2.75) is 52.0 Å². The lowest BCUT2D eigenvalue weighted by Gasteiger charge is -2.25. The van der Waals surface area contributed by atoms with Crippen LogP contribution in [0.2, 0.25) is 0 Å². The van der Waals surface area contributed by atoms with Crippen molar-refractivity contribution in [3.8, 4) is 0 Å². The topological polar surface area (TPSA) is 26.0 Å². The van der Waals surface area contributed by atoms with Crippen molar-refractivity contribution in [1.29, 1.82) is 0 Å². The van der Waals surface area contributed by atoms with Crippen molar-refractivity contribution < 1.29 is 0 Å². The van der Waals surface area contributed by atoms with Gasteiger partial charge in [-0.1, -0.05) is 26.7 Å². The monoisotopic (exact) mass is 155 g/mol. The summed E-state index contributed by atoms with van der Waals surface area (Å²) < 4.78 is 0. The van der Waals surface area contributed by atoms with E-state index >= 15 is 0 Å². The first kappa shape index (κ1) is 9.05. The van der Waals surface area contributed by atoms with Gasteiger partial charge >= 0.3 is 0 Å². The van der Waals surface area contributed by atoms with Crippen LogP contribution in [0.25, 0.3) is 0 Å². The Hall–Kier alpha value is -0.0400. The highest BCUT2D eigenvalue weighted by atomic mass is 14.6. The van der Waals surface area contributed by atoms with Crippen LogP contribution < -0.4 is 5.73 Å². The standard InChI is InChI=1S/C10H21N/c1-8-4-3-5-9(2)10(11)7-6-8/h8-10H,3-7,11H2,1-2H3/t8?,9?,10-/m1/s1. The molecular formula is C10H21N. The molecule has 3 atom stereocenters. The van der Waals surface area contributed by atoms with Crippen LogP contribution in [0.3, 0.4) is 0 Å². The number of hydrogen-bond acceptors (Lipinski definition) is 1. The van der Waals surface area contributed by atoms with Gasteiger partial charge in [-0.05, 0) is 31.1 Å². The normalized spacial score (nSPS) is 41.2. The molecule has 0 bridgehead atoms. The van der Waals surface area contributed by atoms with Gasteiger partial charge in [0.05, 0.1) is 0 Å². The lowest BCUT2D eigenvalue weighted by molar-refractivity contribution is 0.310. The van der Waals surface area contributed by atoms with Crippen molar-refractivity contribution in [3.05, 3.63) is 0 Å². The molecule has 2 unspecified atom stereocenters. The third kappa shape index (κ3) is 2.82. The van der Waals surface area contributed by atoms with Crippen LogP contribution in [0, 0.1) is 11.8 Å². The molecule has 0 saturated heterocycles. The summed E-state index contributed by atoms with van der Waals surface area (Å²) in [6.07, 6.45) is 6.71. The third-order valence-corrected chi connectivity index (χ3v) is 3.08. The van der Waals surface area contributed by atoms with Gasteiger partial charge in [0.25, 0.3) is 0 Å². The fraction of sp³-hybridized carbons (Fsp3) is 1.00. The van der Waals surface area contributed by atoms with Gasteiger partial charge in [0.15, 0.2) is 0 Å². The zero-order chi connectivity index (χ0) is 8.27. The summed E-state index contributed by atoms with van der Waals surface area (Å²) in [6, 6.07) is 0.470. The Balaban J connectivity index is 2.34. The molecule has 0 aromatic rings. The maximum absolute atomic E-state index is 6.01. The van der Waals surface area contributed by atoms with Gasteiger partial charge in [0.1, 0.15) is 0 Å². The Bertz CT molecular complexity index is 111. The maximum atomic E-state index is 6.01. The van der Waals surface area contributed by atoms with Crippen molar-refractivity contribution >= 4 is 0 Å². The van der Waals surface area contributed by atoms with Crippen LogP contribution in [-0.4, -0.2) is 6.04 Å². The zero-order valence-corrected chi connectivity index (χ0v) is 7.84. The van der Waals surface area contributed by atoms with Gasteiger partial charge in [-0.15, -0.1) is 0 Å². The molecule has 66 valence electrons. The molecule has 0 heterocycles. The van der Waals surface area contributed by atoms with Crippen molar-refractivity contribution in [3.63, 3.8) is 0 Å². The Morgan fingerprint density at radius 3 is 2.45 bits per heavy atom. The Morgan fingerprint density at radius 2 is 1.73 bits per heavy atom. The minimum atomic E-state index is 0.470. The van der Waals surface area contributed by atoms with Gasteiger partial charge in [-0.25, -0.2) is 0 Å². The van der Waals surface area contributed by atoms with E-state index in [2.05, 4.69) is 13.8 Å². The van der Waals surface area contributed by atoms with Gasteiger partial charge in [0, 0.05) is 6.04 Å². The molecule has 0 aromatic heterocycles. The summed E-state index contributed by atoms with van der Waals surface area (Å²) in [5.74, 6) is 1.66. The molecular weight excluding hydrogens is 134 g/mol. The highest BCUT2D eigenvalue weighted by molar-refractivity contribution is 4.73. The molecule has 11 heavy (non-hydrogen) atoms. The van der Waals surface area contributed by atoms with Crippen LogP contribution in [0.1, 0.15) is 46.0 Å². The summed E-state index contributed by atoms with van der Waals surface area (Å²) in [4.78, 5) is 0. The van der Waals surface area contributed by atoms with Crippen LogP contribution in [0.4, 0.5) is 0 Å². The minimum absolute atomic E-state index is 0.470. The van der Waals surface area contributed by atoms with E-state index in [1.165, 1.54) is 32.1 Å². The fourth-order valence-electron chi connectivity index (χ4n) is 1.91. The zero-order valence-electron chi connectivity index (χ0n) is 7.84. The molecule has 2 N–H and O–H groups in total. The lowest BCUT2D eigenvalue weighted by atomic mass is 9.85. The molecule has 0 aliphatic heterocycles. The van der Waals surface area contributed by atoms with Crippen molar-refractivity contribution in [1.82, 2.24) is 0 Å². The molecule has 1 saturated carbocycles. The summed E-state index contributed by atoms with van der Waals surface area (Å²) >= 11 is 0. The largest absolute Gasteiger partial charge is 0.327 e. The average Bonchev–Trinajstić information content (AvgIpc) is 1.98. The highest BCUT2D eigenvalue weighted by Crippen LogP contribution is 2.24. The molecule has 1 heteroatoms.